The SMILES string of the molecule is CC(CCO)CNC(=O)NC(C)CCN(C)C. The highest BCUT2D eigenvalue weighted by Crippen LogP contribution is 1.98. The lowest BCUT2D eigenvalue weighted by Gasteiger charge is -2.18. The highest BCUT2D eigenvalue weighted by atomic mass is 16.3. The van der Waals surface area contributed by atoms with Gasteiger partial charge in [0.15, 0.2) is 0 Å². The van der Waals surface area contributed by atoms with Crippen LogP contribution in [0.25, 0.3) is 0 Å². The fourth-order valence-electron chi connectivity index (χ4n) is 1.39. The highest BCUT2D eigenvalue weighted by molar-refractivity contribution is 5.74. The topological polar surface area (TPSA) is 64.6 Å². The molecule has 0 saturated carbocycles. The van der Waals surface area contributed by atoms with Gasteiger partial charge in [-0.2, -0.15) is 0 Å². The third-order valence-electron chi connectivity index (χ3n) is 2.62. The van der Waals surface area contributed by atoms with Gasteiger partial charge in [-0.1, -0.05) is 6.92 Å². The first-order valence-corrected chi connectivity index (χ1v) is 6.25. The van der Waals surface area contributed by atoms with Gasteiger partial charge in [-0.15, -0.1) is 0 Å². The molecule has 0 aromatic heterocycles. The Kier molecular flexibility index (Phi) is 8.80. The zero-order valence-electron chi connectivity index (χ0n) is 11.5. The Labute approximate surface area is 105 Å². The van der Waals surface area contributed by atoms with E-state index in [1.165, 1.54) is 0 Å². The van der Waals surface area contributed by atoms with E-state index in [-0.39, 0.29) is 18.7 Å². The number of nitrogens with zero attached hydrogens (tertiary/aromatic N) is 1. The number of hydrogen-bond donors (Lipinski definition) is 3. The summed E-state index contributed by atoms with van der Waals surface area (Å²) in [4.78, 5) is 13.6. The average Bonchev–Trinajstić information content (AvgIpc) is 2.24. The molecule has 0 aliphatic heterocycles. The summed E-state index contributed by atoms with van der Waals surface area (Å²) in [7, 11) is 4.03. The zero-order chi connectivity index (χ0) is 13.3. The van der Waals surface area contributed by atoms with Gasteiger partial charge in [0.2, 0.25) is 0 Å². The highest BCUT2D eigenvalue weighted by Gasteiger charge is 2.08. The summed E-state index contributed by atoms with van der Waals surface area (Å²) in [6.45, 7) is 5.74. The molecule has 0 spiro atoms. The van der Waals surface area contributed by atoms with Crippen molar-refractivity contribution in [3.05, 3.63) is 0 Å². The van der Waals surface area contributed by atoms with E-state index in [1.54, 1.807) is 0 Å². The number of aliphatic hydroxyl groups is 1. The molecule has 5 heteroatoms. The van der Waals surface area contributed by atoms with Crippen LogP contribution < -0.4 is 10.6 Å². The second-order valence-electron chi connectivity index (χ2n) is 4.96. The Hall–Kier alpha value is -0.810. The van der Waals surface area contributed by atoms with Crippen molar-refractivity contribution in [3.8, 4) is 0 Å². The van der Waals surface area contributed by atoms with Crippen LogP contribution in [-0.4, -0.2) is 55.9 Å². The number of amides is 2. The third kappa shape index (κ3) is 10.1. The first kappa shape index (κ1) is 16.2. The third-order valence-corrected chi connectivity index (χ3v) is 2.62. The fraction of sp³-hybridized carbons (Fsp3) is 0.917. The molecule has 0 fully saturated rings. The van der Waals surface area contributed by atoms with E-state index in [0.29, 0.717) is 12.5 Å². The van der Waals surface area contributed by atoms with E-state index in [2.05, 4.69) is 15.5 Å². The van der Waals surface area contributed by atoms with Crippen molar-refractivity contribution in [2.75, 3.05) is 33.8 Å². The molecule has 102 valence electrons. The minimum absolute atomic E-state index is 0.124. The summed E-state index contributed by atoms with van der Waals surface area (Å²) in [5, 5.41) is 14.4. The van der Waals surface area contributed by atoms with Crippen LogP contribution in [-0.2, 0) is 0 Å². The molecule has 0 heterocycles. The van der Waals surface area contributed by atoms with Crippen LogP contribution in [0.3, 0.4) is 0 Å². The number of rotatable bonds is 8. The molecule has 5 nitrogen and oxygen atoms in total. The molecule has 0 aromatic carbocycles. The summed E-state index contributed by atoms with van der Waals surface area (Å²) in [6.07, 6.45) is 1.66. The molecule has 0 rings (SSSR count). The van der Waals surface area contributed by atoms with E-state index in [4.69, 9.17) is 5.11 Å². The molecule has 0 bridgehead atoms. The molecule has 0 aliphatic carbocycles. The van der Waals surface area contributed by atoms with E-state index in [9.17, 15) is 4.79 Å². The first-order chi connectivity index (χ1) is 7.95. The summed E-state index contributed by atoms with van der Waals surface area (Å²) in [6, 6.07) is 0.0478. The van der Waals surface area contributed by atoms with Gasteiger partial charge in [0.05, 0.1) is 0 Å². The minimum Gasteiger partial charge on any atom is -0.396 e. The van der Waals surface area contributed by atoms with Crippen molar-refractivity contribution in [2.45, 2.75) is 32.7 Å². The molecule has 2 atom stereocenters. The molecule has 3 N–H and O–H groups in total. The smallest absolute Gasteiger partial charge is 0.315 e. The van der Waals surface area contributed by atoms with E-state index >= 15 is 0 Å². The first-order valence-electron chi connectivity index (χ1n) is 6.25. The van der Waals surface area contributed by atoms with Gasteiger partial charge >= 0.3 is 6.03 Å². The number of aliphatic hydroxyl groups excluding tert-OH is 1. The monoisotopic (exact) mass is 245 g/mol. The maximum atomic E-state index is 11.5. The van der Waals surface area contributed by atoms with Crippen molar-refractivity contribution in [1.29, 1.82) is 0 Å². The molecule has 0 saturated heterocycles. The van der Waals surface area contributed by atoms with Gasteiger partial charge in [-0.05, 0) is 46.3 Å². The van der Waals surface area contributed by atoms with Gasteiger partial charge < -0.3 is 20.6 Å². The van der Waals surface area contributed by atoms with Gasteiger partial charge in [0, 0.05) is 19.2 Å². The Bertz CT molecular complexity index is 210. The van der Waals surface area contributed by atoms with Crippen molar-refractivity contribution in [2.24, 2.45) is 5.92 Å². The number of hydrogen-bond acceptors (Lipinski definition) is 3. The Morgan fingerprint density at radius 3 is 2.47 bits per heavy atom. The molecule has 0 aliphatic rings. The van der Waals surface area contributed by atoms with Gasteiger partial charge in [-0.25, -0.2) is 4.79 Å². The minimum atomic E-state index is -0.124. The van der Waals surface area contributed by atoms with Gasteiger partial charge in [0.25, 0.3) is 0 Å². The molecule has 0 aromatic rings. The van der Waals surface area contributed by atoms with E-state index in [0.717, 1.165) is 19.4 Å². The Balaban J connectivity index is 3.63. The Morgan fingerprint density at radius 1 is 1.29 bits per heavy atom. The number of carbonyl (C=O) groups is 1. The second kappa shape index (κ2) is 9.24. The lowest BCUT2D eigenvalue weighted by molar-refractivity contribution is 0.229. The predicted octanol–water partition coefficient (Wildman–Crippen LogP) is 0.644. The number of carbonyl (C=O) groups excluding carboxylic acids is 1. The number of nitrogens with one attached hydrogen (secondary N) is 2. The van der Waals surface area contributed by atoms with Gasteiger partial charge in [-0.3, -0.25) is 0 Å². The Morgan fingerprint density at radius 2 is 1.94 bits per heavy atom. The maximum absolute atomic E-state index is 11.5. The van der Waals surface area contributed by atoms with Gasteiger partial charge in [0.1, 0.15) is 0 Å². The molecular weight excluding hydrogens is 218 g/mol. The van der Waals surface area contributed by atoms with Crippen molar-refractivity contribution in [1.82, 2.24) is 15.5 Å². The summed E-state index contributed by atoms with van der Waals surface area (Å²) in [5.74, 6) is 0.308. The van der Waals surface area contributed by atoms with Crippen LogP contribution in [0.2, 0.25) is 0 Å². The molecule has 2 amide bonds. The molecule has 17 heavy (non-hydrogen) atoms. The lowest BCUT2D eigenvalue weighted by Crippen LogP contribution is -2.43. The summed E-state index contributed by atoms with van der Waals surface area (Å²) >= 11 is 0. The summed E-state index contributed by atoms with van der Waals surface area (Å²) < 4.78 is 0. The summed E-state index contributed by atoms with van der Waals surface area (Å²) in [5.41, 5.74) is 0. The van der Waals surface area contributed by atoms with Crippen molar-refractivity contribution >= 4 is 6.03 Å². The van der Waals surface area contributed by atoms with Crippen molar-refractivity contribution < 1.29 is 9.90 Å². The van der Waals surface area contributed by atoms with Crippen LogP contribution in [0.15, 0.2) is 0 Å². The molecular formula is C12H27N3O2. The van der Waals surface area contributed by atoms with E-state index in [1.807, 2.05) is 27.9 Å². The van der Waals surface area contributed by atoms with Crippen LogP contribution in [0, 0.1) is 5.92 Å². The fourth-order valence-corrected chi connectivity index (χ4v) is 1.39. The molecule has 2 unspecified atom stereocenters. The van der Waals surface area contributed by atoms with Crippen LogP contribution in [0.1, 0.15) is 26.7 Å². The number of urea groups is 1. The molecule has 0 radical (unpaired) electrons. The predicted molar refractivity (Wildman–Crippen MR) is 70.0 cm³/mol. The average molecular weight is 245 g/mol. The quantitative estimate of drug-likeness (QED) is 0.588. The normalized spacial score (nSPS) is 14.5. The van der Waals surface area contributed by atoms with Crippen LogP contribution in [0.5, 0.6) is 0 Å². The van der Waals surface area contributed by atoms with Crippen molar-refractivity contribution in [3.63, 3.8) is 0 Å². The van der Waals surface area contributed by atoms with E-state index < -0.39 is 0 Å². The largest absolute Gasteiger partial charge is 0.396 e. The lowest BCUT2D eigenvalue weighted by atomic mass is 10.1. The maximum Gasteiger partial charge on any atom is 0.315 e. The second-order valence-corrected chi connectivity index (χ2v) is 4.96. The van der Waals surface area contributed by atoms with Crippen LogP contribution >= 0.6 is 0 Å². The standard InChI is InChI=1S/C12H27N3O2/c1-10(6-8-16)9-13-12(17)14-11(2)5-7-15(3)4/h10-11,16H,5-9H2,1-4H3,(H2,13,14,17). The van der Waals surface area contributed by atoms with Crippen LogP contribution in [0.4, 0.5) is 4.79 Å². The zero-order valence-corrected chi connectivity index (χ0v) is 11.5.